The third-order valence-electron chi connectivity index (χ3n) is 17.6. The first-order valence-electron chi connectivity index (χ1n) is 28.0. The van der Waals surface area contributed by atoms with Crippen LogP contribution in [0.1, 0.15) is 194 Å². The summed E-state index contributed by atoms with van der Waals surface area (Å²) in [7, 11) is 1.46. The van der Waals surface area contributed by atoms with Crippen LogP contribution in [0.25, 0.3) is 0 Å². The summed E-state index contributed by atoms with van der Waals surface area (Å²) in [5.74, 6) is 1.44. The van der Waals surface area contributed by atoms with Gasteiger partial charge in [0, 0.05) is 57.1 Å². The van der Waals surface area contributed by atoms with Crippen molar-refractivity contribution in [3.05, 3.63) is 0 Å². The fourth-order valence-electron chi connectivity index (χ4n) is 14.8. The zero-order valence-corrected chi connectivity index (χ0v) is 48.1. The standard InChI is InChI=1S/C58H102N4O10/c1-39(20-25-48(65)69-16)43-23-24-44-42-22-21-40-31-41(26-28-56(40,14)45(42)32-46(63)57(43,44)15)59-47(64)19-17-18-27-58(62(34-50(67)71-54(8,9)10)35-51(68)72-55(11,12)13)37-60(33-49(66)70-53(5,6)7)29-30-61(38-58)36-52(2,3)4/h39-46,63H,17-38H2,1-16H3,(H,59,64)/t39?,40-,41+,42?,43-,44?,45?,46+,56+,57-,58?/m1/s1. The number of esters is 4. The molecule has 5 fully saturated rings. The van der Waals surface area contributed by atoms with Crippen LogP contribution in [0.4, 0.5) is 0 Å². The number of rotatable bonds is 18. The maximum atomic E-state index is 14.0. The SMILES string of the molecule is COC(=O)CCC(C)[C@H]1CCC2C3CC[C@@H]4C[C@@H](NC(=O)CCCCC5(N(CC(=O)OC(C)(C)C)CC(=O)OC(C)(C)C)CN(CC(=O)OC(C)(C)C)CCN(CC(C)(C)C)C5)CC[C@]4(C)C3C[C@H](O)[C@@]21C. The number of carbonyl (C=O) groups is 5. The molecular formula is C58H102N4O10. The van der Waals surface area contributed by atoms with E-state index in [1.807, 2.05) is 67.2 Å². The summed E-state index contributed by atoms with van der Waals surface area (Å²) in [5, 5.41) is 15.6. The number of hydrogen-bond acceptors (Lipinski definition) is 13. The van der Waals surface area contributed by atoms with Gasteiger partial charge >= 0.3 is 23.9 Å². The van der Waals surface area contributed by atoms with Crippen molar-refractivity contribution in [1.82, 2.24) is 20.0 Å². The molecule has 14 nitrogen and oxygen atoms in total. The maximum Gasteiger partial charge on any atom is 0.320 e. The molecular weight excluding hydrogens is 913 g/mol. The molecule has 1 heterocycles. The van der Waals surface area contributed by atoms with Crippen molar-refractivity contribution in [3.8, 4) is 0 Å². The van der Waals surface area contributed by atoms with E-state index >= 15 is 0 Å². The van der Waals surface area contributed by atoms with E-state index in [2.05, 4.69) is 56.7 Å². The number of carbonyl (C=O) groups excluding carboxylic acids is 5. The Balaban J connectivity index is 1.30. The molecule has 0 bridgehead atoms. The number of aliphatic hydroxyl groups is 1. The Morgan fingerprint density at radius 3 is 1.88 bits per heavy atom. The van der Waals surface area contributed by atoms with Gasteiger partial charge in [-0.15, -0.1) is 0 Å². The topological polar surface area (TPSA) is 164 Å². The molecule has 0 aromatic rings. The molecule has 0 spiro atoms. The highest BCUT2D eigenvalue weighted by Crippen LogP contribution is 2.68. The number of unbranched alkanes of at least 4 members (excludes halogenated alkanes) is 1. The zero-order valence-electron chi connectivity index (χ0n) is 48.1. The first kappa shape index (κ1) is 60.1. The summed E-state index contributed by atoms with van der Waals surface area (Å²) in [5.41, 5.74) is -3.04. The summed E-state index contributed by atoms with van der Waals surface area (Å²) >= 11 is 0. The molecule has 1 saturated heterocycles. The van der Waals surface area contributed by atoms with Crippen molar-refractivity contribution in [2.75, 3.05) is 59.5 Å². The Labute approximate surface area is 435 Å². The molecule has 5 aliphatic rings. The lowest BCUT2D eigenvalue weighted by Crippen LogP contribution is -2.62. The molecule has 0 radical (unpaired) electrons. The van der Waals surface area contributed by atoms with Crippen LogP contribution in [0.15, 0.2) is 0 Å². The molecule has 2 N–H and O–H groups in total. The van der Waals surface area contributed by atoms with Gasteiger partial charge in [0.05, 0.1) is 32.8 Å². The molecule has 1 aliphatic heterocycles. The highest BCUT2D eigenvalue weighted by Gasteiger charge is 2.64. The van der Waals surface area contributed by atoms with Gasteiger partial charge in [-0.1, -0.05) is 48.0 Å². The van der Waals surface area contributed by atoms with Gasteiger partial charge in [-0.2, -0.15) is 0 Å². The van der Waals surface area contributed by atoms with E-state index < -0.39 is 34.3 Å². The van der Waals surface area contributed by atoms with E-state index in [1.165, 1.54) is 13.5 Å². The third-order valence-corrected chi connectivity index (χ3v) is 17.6. The van der Waals surface area contributed by atoms with Crippen molar-refractivity contribution in [2.24, 2.45) is 51.8 Å². The van der Waals surface area contributed by atoms with Crippen LogP contribution in [0.3, 0.4) is 0 Å². The summed E-state index contributed by atoms with van der Waals surface area (Å²) in [6, 6.07) is 0.108. The van der Waals surface area contributed by atoms with E-state index in [0.717, 1.165) is 57.9 Å². The minimum atomic E-state index is -0.812. The van der Waals surface area contributed by atoms with Gasteiger partial charge in [0.25, 0.3) is 0 Å². The highest BCUT2D eigenvalue weighted by molar-refractivity contribution is 5.77. The highest BCUT2D eigenvalue weighted by atomic mass is 16.6. The smallest absolute Gasteiger partial charge is 0.320 e. The number of aliphatic hydroxyl groups excluding tert-OH is 1. The number of nitrogens with zero attached hydrogens (tertiary/aromatic N) is 3. The van der Waals surface area contributed by atoms with Gasteiger partial charge in [-0.3, -0.25) is 38.7 Å². The number of nitrogens with one attached hydrogen (secondary N) is 1. The van der Waals surface area contributed by atoms with E-state index in [1.54, 1.807) is 0 Å². The fraction of sp³-hybridized carbons (Fsp3) is 0.914. The average Bonchev–Trinajstić information content (AvgIpc) is 3.50. The molecule has 5 unspecified atom stereocenters. The summed E-state index contributed by atoms with van der Waals surface area (Å²) < 4.78 is 22.6. The molecule has 4 saturated carbocycles. The van der Waals surface area contributed by atoms with Gasteiger partial charge in [0.2, 0.25) is 5.91 Å². The van der Waals surface area contributed by atoms with Gasteiger partial charge in [-0.25, -0.2) is 0 Å². The largest absolute Gasteiger partial charge is 0.469 e. The van der Waals surface area contributed by atoms with Gasteiger partial charge in [0.1, 0.15) is 16.8 Å². The predicted octanol–water partition coefficient (Wildman–Crippen LogP) is 8.98. The fourth-order valence-corrected chi connectivity index (χ4v) is 14.8. The molecule has 4 aliphatic carbocycles. The normalized spacial score (nSPS) is 32.1. The maximum absolute atomic E-state index is 14.0. The zero-order chi connectivity index (χ0) is 53.8. The minimum Gasteiger partial charge on any atom is -0.469 e. The van der Waals surface area contributed by atoms with Crippen molar-refractivity contribution in [2.45, 2.75) is 228 Å². The van der Waals surface area contributed by atoms with Crippen molar-refractivity contribution >= 4 is 29.8 Å². The van der Waals surface area contributed by atoms with Crippen LogP contribution in [-0.2, 0) is 42.9 Å². The van der Waals surface area contributed by atoms with E-state index in [4.69, 9.17) is 18.9 Å². The van der Waals surface area contributed by atoms with Crippen LogP contribution in [0, 0.1) is 51.8 Å². The van der Waals surface area contributed by atoms with Crippen molar-refractivity contribution in [3.63, 3.8) is 0 Å². The molecule has 11 atom stereocenters. The van der Waals surface area contributed by atoms with Crippen molar-refractivity contribution in [1.29, 1.82) is 0 Å². The second kappa shape index (κ2) is 23.6. The minimum absolute atomic E-state index is 0.0506. The Morgan fingerprint density at radius 2 is 1.29 bits per heavy atom. The molecule has 14 heteroatoms. The summed E-state index contributed by atoms with van der Waals surface area (Å²) in [6.07, 6.45) is 11.4. The molecule has 5 rings (SSSR count). The first-order valence-corrected chi connectivity index (χ1v) is 28.0. The lowest BCUT2D eigenvalue weighted by Gasteiger charge is -2.62. The predicted molar refractivity (Wildman–Crippen MR) is 282 cm³/mol. The molecule has 414 valence electrons. The number of methoxy groups -OCH3 is 1. The molecule has 1 amide bonds. The van der Waals surface area contributed by atoms with Crippen LogP contribution in [-0.4, -0.2) is 144 Å². The lowest BCUT2D eigenvalue weighted by atomic mass is 9.43. The molecule has 72 heavy (non-hydrogen) atoms. The van der Waals surface area contributed by atoms with E-state index in [9.17, 15) is 29.1 Å². The van der Waals surface area contributed by atoms with Gasteiger partial charge in [0.15, 0.2) is 0 Å². The van der Waals surface area contributed by atoms with Crippen molar-refractivity contribution < 1.29 is 48.0 Å². The monoisotopic (exact) mass is 1010 g/mol. The van der Waals surface area contributed by atoms with Gasteiger partial charge in [-0.05, 0) is 185 Å². The Hall–Kier alpha value is -2.81. The van der Waals surface area contributed by atoms with Crippen LogP contribution < -0.4 is 5.32 Å². The second-order valence-corrected chi connectivity index (χ2v) is 28.1. The number of hydrogen-bond donors (Lipinski definition) is 2. The van der Waals surface area contributed by atoms with E-state index in [-0.39, 0.29) is 65.9 Å². The summed E-state index contributed by atoms with van der Waals surface area (Å²) in [4.78, 5) is 73.7. The van der Waals surface area contributed by atoms with Crippen LogP contribution >= 0.6 is 0 Å². The average molecular weight is 1020 g/mol. The Bertz CT molecular complexity index is 1830. The molecule has 0 aromatic carbocycles. The summed E-state index contributed by atoms with van der Waals surface area (Å²) in [6.45, 7) is 33.0. The Kier molecular flexibility index (Phi) is 19.7. The first-order chi connectivity index (χ1) is 33.1. The second-order valence-electron chi connectivity index (χ2n) is 28.1. The quantitative estimate of drug-likeness (QED) is 0.0761. The van der Waals surface area contributed by atoms with E-state index in [0.29, 0.717) is 93.8 Å². The third kappa shape index (κ3) is 16.1. The van der Waals surface area contributed by atoms with Gasteiger partial charge < -0.3 is 29.4 Å². The number of fused-ring (bicyclic) bond motifs is 5. The molecule has 0 aromatic heterocycles. The van der Waals surface area contributed by atoms with Crippen LogP contribution in [0.5, 0.6) is 0 Å². The van der Waals surface area contributed by atoms with Crippen LogP contribution in [0.2, 0.25) is 0 Å². The number of ether oxygens (including phenoxy) is 4. The lowest BCUT2D eigenvalue weighted by molar-refractivity contribution is -0.170. The number of amides is 1. The Morgan fingerprint density at radius 1 is 0.708 bits per heavy atom.